The van der Waals surface area contributed by atoms with Gasteiger partial charge in [-0.25, -0.2) is 9.97 Å². The van der Waals surface area contributed by atoms with Gasteiger partial charge < -0.3 is 20.3 Å². The molecule has 1 saturated heterocycles. The Kier molecular flexibility index (Phi) is 5.13. The highest BCUT2D eigenvalue weighted by atomic mass is 32.1. The van der Waals surface area contributed by atoms with Crippen LogP contribution in [0.3, 0.4) is 0 Å². The lowest BCUT2D eigenvalue weighted by Gasteiger charge is -2.29. The summed E-state index contributed by atoms with van der Waals surface area (Å²) in [5, 5.41) is 7.00. The van der Waals surface area contributed by atoms with Gasteiger partial charge in [0, 0.05) is 30.2 Å². The van der Waals surface area contributed by atoms with Crippen molar-refractivity contribution in [3.05, 3.63) is 66.7 Å². The first-order chi connectivity index (χ1) is 14.7. The zero-order valence-corrected chi connectivity index (χ0v) is 17.2. The Hall–Kier alpha value is -3.29. The smallest absolute Gasteiger partial charge is 0.175 e. The molecule has 6 nitrogen and oxygen atoms in total. The Morgan fingerprint density at radius 2 is 1.37 bits per heavy atom. The second-order valence-corrected chi connectivity index (χ2v) is 7.55. The monoisotopic (exact) mass is 415 g/mol. The number of benzene rings is 3. The molecular weight excluding hydrogens is 394 g/mol. The number of thiocarbonyl (C=S) groups is 1. The molecule has 0 saturated carbocycles. The van der Waals surface area contributed by atoms with Crippen LogP contribution in [0.2, 0.25) is 0 Å². The fraction of sp³-hybridized carbons (Fsp3) is 0.174. The third-order valence-corrected chi connectivity index (χ3v) is 5.30. The van der Waals surface area contributed by atoms with Crippen molar-refractivity contribution < 1.29 is 4.74 Å². The van der Waals surface area contributed by atoms with Crippen molar-refractivity contribution >= 4 is 56.5 Å². The average molecular weight is 416 g/mol. The summed E-state index contributed by atoms with van der Waals surface area (Å²) in [4.78, 5) is 11.7. The van der Waals surface area contributed by atoms with Gasteiger partial charge in [0.05, 0.1) is 35.3 Å². The molecule has 0 atom stereocenters. The second kappa shape index (κ2) is 8.22. The molecule has 3 aromatic carbocycles. The lowest BCUT2D eigenvalue weighted by atomic mass is 10.2. The van der Waals surface area contributed by atoms with Crippen LogP contribution in [0.25, 0.3) is 22.1 Å². The summed E-state index contributed by atoms with van der Waals surface area (Å²) in [6.07, 6.45) is 0. The Morgan fingerprint density at radius 1 is 0.767 bits per heavy atom. The number of nitrogens with one attached hydrogen (secondary N) is 2. The van der Waals surface area contributed by atoms with Crippen LogP contribution in [0, 0.1) is 0 Å². The van der Waals surface area contributed by atoms with Gasteiger partial charge in [-0.2, -0.15) is 0 Å². The number of nitrogens with zero attached hydrogens (tertiary/aromatic N) is 3. The Balaban J connectivity index is 1.27. The van der Waals surface area contributed by atoms with Gasteiger partial charge in [0.2, 0.25) is 0 Å². The lowest BCUT2D eigenvalue weighted by molar-refractivity contribution is 0.122. The van der Waals surface area contributed by atoms with Crippen molar-refractivity contribution in [1.29, 1.82) is 0 Å². The topological polar surface area (TPSA) is 62.3 Å². The van der Waals surface area contributed by atoms with Crippen molar-refractivity contribution in [2.45, 2.75) is 0 Å². The van der Waals surface area contributed by atoms with E-state index in [1.807, 2.05) is 54.6 Å². The summed E-state index contributed by atoms with van der Waals surface area (Å²) in [7, 11) is 0. The molecule has 30 heavy (non-hydrogen) atoms. The van der Waals surface area contributed by atoms with Crippen LogP contribution in [0.1, 0.15) is 0 Å². The van der Waals surface area contributed by atoms with Crippen molar-refractivity contribution in [3.63, 3.8) is 0 Å². The van der Waals surface area contributed by atoms with Gasteiger partial charge in [0.25, 0.3) is 0 Å². The number of fused-ring (bicyclic) bond motifs is 2. The molecule has 0 amide bonds. The van der Waals surface area contributed by atoms with E-state index in [-0.39, 0.29) is 0 Å². The van der Waals surface area contributed by atoms with E-state index in [4.69, 9.17) is 21.9 Å². The molecule has 1 aliphatic rings. The molecule has 0 unspecified atom stereocenters. The van der Waals surface area contributed by atoms with Crippen LogP contribution < -0.4 is 15.5 Å². The van der Waals surface area contributed by atoms with Crippen LogP contribution in [-0.4, -0.2) is 41.4 Å². The first-order valence-corrected chi connectivity index (χ1v) is 10.3. The lowest BCUT2D eigenvalue weighted by Crippen LogP contribution is -2.36. The normalized spacial score (nSPS) is 14.1. The van der Waals surface area contributed by atoms with Crippen LogP contribution in [0.5, 0.6) is 0 Å². The molecule has 1 aromatic heterocycles. The fourth-order valence-electron chi connectivity index (χ4n) is 3.57. The van der Waals surface area contributed by atoms with Crippen molar-refractivity contribution in [2.75, 3.05) is 41.8 Å². The molecule has 1 fully saturated rings. The van der Waals surface area contributed by atoms with E-state index in [1.165, 1.54) is 5.69 Å². The van der Waals surface area contributed by atoms with Gasteiger partial charge in [-0.1, -0.05) is 12.1 Å². The molecule has 5 rings (SSSR count). The fourth-order valence-corrected chi connectivity index (χ4v) is 3.80. The van der Waals surface area contributed by atoms with Gasteiger partial charge in [-0.15, -0.1) is 0 Å². The number of morpholine rings is 1. The number of aromatic nitrogens is 2. The van der Waals surface area contributed by atoms with E-state index in [2.05, 4.69) is 32.7 Å². The highest BCUT2D eigenvalue weighted by Gasteiger charge is 2.11. The van der Waals surface area contributed by atoms with Crippen LogP contribution >= 0.6 is 12.2 Å². The number of para-hydroxylation sites is 2. The summed E-state index contributed by atoms with van der Waals surface area (Å²) in [5.41, 5.74) is 6.47. The van der Waals surface area contributed by atoms with Gasteiger partial charge in [0.15, 0.2) is 5.11 Å². The van der Waals surface area contributed by atoms with E-state index >= 15 is 0 Å². The Morgan fingerprint density at radius 3 is 2.10 bits per heavy atom. The molecule has 4 aromatic rings. The van der Waals surface area contributed by atoms with Crippen molar-refractivity contribution in [1.82, 2.24) is 9.97 Å². The van der Waals surface area contributed by atoms with Gasteiger partial charge in [0.1, 0.15) is 0 Å². The van der Waals surface area contributed by atoms with E-state index < -0.39 is 0 Å². The molecular formula is C23H21N5OS. The predicted molar refractivity (Wildman–Crippen MR) is 126 cm³/mol. The summed E-state index contributed by atoms with van der Waals surface area (Å²) in [6, 6.07) is 22.0. The maximum absolute atomic E-state index is 5.49. The average Bonchev–Trinajstić information content (AvgIpc) is 2.79. The van der Waals surface area contributed by atoms with E-state index in [0.717, 1.165) is 59.7 Å². The number of hydrogen-bond donors (Lipinski definition) is 2. The zero-order valence-electron chi connectivity index (χ0n) is 16.3. The molecule has 0 bridgehead atoms. The summed E-state index contributed by atoms with van der Waals surface area (Å²) in [5.74, 6) is 0. The van der Waals surface area contributed by atoms with Gasteiger partial charge in [-0.3, -0.25) is 0 Å². The minimum atomic E-state index is 0.530. The first-order valence-electron chi connectivity index (χ1n) is 9.92. The van der Waals surface area contributed by atoms with E-state index in [1.54, 1.807) is 0 Å². The van der Waals surface area contributed by atoms with Crippen LogP contribution in [0.4, 0.5) is 17.1 Å². The molecule has 0 spiro atoms. The maximum Gasteiger partial charge on any atom is 0.175 e. The van der Waals surface area contributed by atoms with Crippen LogP contribution in [-0.2, 0) is 4.74 Å². The molecule has 0 aliphatic carbocycles. The Labute approximate surface area is 179 Å². The molecule has 150 valence electrons. The maximum atomic E-state index is 5.49. The highest BCUT2D eigenvalue weighted by molar-refractivity contribution is 7.80. The third-order valence-electron chi connectivity index (χ3n) is 5.10. The van der Waals surface area contributed by atoms with Crippen molar-refractivity contribution in [3.8, 4) is 0 Å². The quantitative estimate of drug-likeness (QED) is 0.379. The summed E-state index contributed by atoms with van der Waals surface area (Å²) in [6.45, 7) is 3.40. The van der Waals surface area contributed by atoms with Crippen molar-refractivity contribution in [2.24, 2.45) is 0 Å². The van der Waals surface area contributed by atoms with E-state index in [0.29, 0.717) is 5.11 Å². The molecule has 1 aliphatic heterocycles. The summed E-state index contributed by atoms with van der Waals surface area (Å²) >= 11 is 5.49. The van der Waals surface area contributed by atoms with Crippen LogP contribution in [0.15, 0.2) is 66.7 Å². The number of anilines is 3. The summed E-state index contributed by atoms with van der Waals surface area (Å²) < 4.78 is 5.41. The first kappa shape index (κ1) is 18.7. The van der Waals surface area contributed by atoms with Gasteiger partial charge >= 0.3 is 0 Å². The second-order valence-electron chi connectivity index (χ2n) is 7.14. The SMILES string of the molecule is S=C(Nc1ccc(N2CCOCC2)cc1)Nc1ccc2nc3ccccc3nc2c1. The molecule has 2 N–H and O–H groups in total. The minimum Gasteiger partial charge on any atom is -0.378 e. The molecule has 2 heterocycles. The highest BCUT2D eigenvalue weighted by Crippen LogP contribution is 2.21. The number of hydrogen-bond acceptors (Lipinski definition) is 5. The van der Waals surface area contributed by atoms with E-state index in [9.17, 15) is 0 Å². The zero-order chi connectivity index (χ0) is 20.3. The molecule has 7 heteroatoms. The minimum absolute atomic E-state index is 0.530. The number of rotatable bonds is 3. The third kappa shape index (κ3) is 4.03. The standard InChI is InChI=1S/C23H21N5OS/c30-23(24-16-5-8-18(9-6-16)28-11-13-29-14-12-28)25-17-7-10-21-22(15-17)27-20-4-2-1-3-19(20)26-21/h1-10,15H,11-14H2,(H2,24,25,30). The van der Waals surface area contributed by atoms with Gasteiger partial charge in [-0.05, 0) is 66.8 Å². The molecule has 0 radical (unpaired) electrons. The number of ether oxygens (including phenoxy) is 1. The Bertz CT molecular complexity index is 1210. The predicted octanol–water partition coefficient (Wildman–Crippen LogP) is 4.43. The largest absolute Gasteiger partial charge is 0.378 e.